The molecule has 0 aromatic carbocycles. The van der Waals surface area contributed by atoms with Crippen LogP contribution in [0.5, 0.6) is 0 Å². The van der Waals surface area contributed by atoms with Crippen molar-refractivity contribution < 1.29 is 20.1 Å². The van der Waals surface area contributed by atoms with Gasteiger partial charge in [0.05, 0.1) is 13.2 Å². The predicted molar refractivity (Wildman–Crippen MR) is 45.0 cm³/mol. The fourth-order valence-electron chi connectivity index (χ4n) is 2.26. The van der Waals surface area contributed by atoms with E-state index in [9.17, 15) is 5.11 Å². The summed E-state index contributed by atoms with van der Waals surface area (Å²) in [5.41, 5.74) is 0.304. The van der Waals surface area contributed by atoms with Gasteiger partial charge in [0.1, 0.15) is 17.8 Å². The van der Waals surface area contributed by atoms with E-state index in [2.05, 4.69) is 0 Å². The van der Waals surface area contributed by atoms with Crippen LogP contribution in [0.4, 0.5) is 0 Å². The molecule has 1 saturated carbocycles. The molecule has 13 heavy (non-hydrogen) atoms. The molecule has 1 heterocycles. The van der Waals surface area contributed by atoms with Gasteiger partial charge in [0.25, 0.3) is 0 Å². The number of ether oxygens (including phenoxy) is 1. The van der Waals surface area contributed by atoms with Crippen molar-refractivity contribution in [1.29, 1.82) is 0 Å². The minimum Gasteiger partial charge on any atom is -0.396 e. The number of epoxide rings is 1. The van der Waals surface area contributed by atoms with Crippen LogP contribution in [0.15, 0.2) is 11.6 Å². The molecule has 0 radical (unpaired) electrons. The fourth-order valence-corrected chi connectivity index (χ4v) is 2.26. The van der Waals surface area contributed by atoms with Crippen LogP contribution in [-0.2, 0) is 4.74 Å². The molecule has 3 N–H and O–H groups in total. The predicted octanol–water partition coefficient (Wildman–Crippen LogP) is -0.954. The molecule has 4 unspecified atom stereocenters. The summed E-state index contributed by atoms with van der Waals surface area (Å²) in [7, 11) is 0. The highest BCUT2D eigenvalue weighted by atomic mass is 16.6. The molecule has 2 aliphatic rings. The Kier molecular flexibility index (Phi) is 1.96. The van der Waals surface area contributed by atoms with Gasteiger partial charge in [-0.15, -0.1) is 0 Å². The Morgan fingerprint density at radius 1 is 1.54 bits per heavy atom. The zero-order valence-corrected chi connectivity index (χ0v) is 7.47. The molecule has 4 heteroatoms. The number of fused-ring (bicyclic) bond motifs is 1. The van der Waals surface area contributed by atoms with Crippen molar-refractivity contribution >= 4 is 0 Å². The molecule has 74 valence electrons. The van der Waals surface area contributed by atoms with E-state index in [1.807, 2.05) is 6.92 Å². The molecule has 2 fully saturated rings. The average Bonchev–Trinajstić information content (AvgIpc) is 2.72. The van der Waals surface area contributed by atoms with E-state index in [1.54, 1.807) is 6.08 Å². The first-order chi connectivity index (χ1) is 6.15. The summed E-state index contributed by atoms with van der Waals surface area (Å²) in [5.74, 6) is -0.167. The number of aliphatic hydroxyl groups excluding tert-OH is 3. The minimum atomic E-state index is -0.658. The largest absolute Gasteiger partial charge is 0.396 e. The smallest absolute Gasteiger partial charge is 0.117 e. The van der Waals surface area contributed by atoms with Gasteiger partial charge in [0.2, 0.25) is 0 Å². The van der Waals surface area contributed by atoms with E-state index >= 15 is 0 Å². The minimum absolute atomic E-state index is 0.0457. The van der Waals surface area contributed by atoms with Crippen molar-refractivity contribution in [1.82, 2.24) is 0 Å². The molecule has 1 saturated heterocycles. The van der Waals surface area contributed by atoms with Crippen LogP contribution in [-0.4, -0.2) is 46.3 Å². The zero-order chi connectivity index (χ0) is 9.64. The van der Waals surface area contributed by atoms with E-state index < -0.39 is 11.7 Å². The van der Waals surface area contributed by atoms with Crippen LogP contribution in [0, 0.1) is 5.92 Å². The van der Waals surface area contributed by atoms with E-state index in [1.165, 1.54) is 0 Å². The Morgan fingerprint density at radius 2 is 2.23 bits per heavy atom. The second kappa shape index (κ2) is 2.78. The summed E-state index contributed by atoms with van der Waals surface area (Å²) in [6, 6.07) is 0. The standard InChI is InChI=1S/C9H14O4/c1-9-6(4-11)5(2-3-10)7(12)8(9)13-9/h2,6-8,10-12H,3-4H2,1H3/b5-2-. The van der Waals surface area contributed by atoms with Crippen LogP contribution in [0.25, 0.3) is 0 Å². The number of rotatable bonds is 2. The molecule has 0 aromatic heterocycles. The van der Waals surface area contributed by atoms with Crippen molar-refractivity contribution in [3.05, 3.63) is 11.6 Å². The van der Waals surface area contributed by atoms with Gasteiger partial charge in [-0.25, -0.2) is 0 Å². The highest BCUT2D eigenvalue weighted by Crippen LogP contribution is 2.55. The molecular formula is C9H14O4. The van der Waals surface area contributed by atoms with Crippen LogP contribution in [0.3, 0.4) is 0 Å². The molecule has 0 amide bonds. The monoisotopic (exact) mass is 186 g/mol. The molecular weight excluding hydrogens is 172 g/mol. The van der Waals surface area contributed by atoms with Gasteiger partial charge in [0, 0.05) is 5.92 Å². The van der Waals surface area contributed by atoms with E-state index in [0.717, 1.165) is 0 Å². The lowest BCUT2D eigenvalue weighted by Gasteiger charge is -2.18. The maximum absolute atomic E-state index is 9.68. The Morgan fingerprint density at radius 3 is 2.77 bits per heavy atom. The summed E-state index contributed by atoms with van der Waals surface area (Å²) in [5, 5.41) is 27.5. The van der Waals surface area contributed by atoms with Gasteiger partial charge in [-0.05, 0) is 12.5 Å². The third-order valence-electron chi connectivity index (χ3n) is 3.12. The first-order valence-electron chi connectivity index (χ1n) is 4.42. The van der Waals surface area contributed by atoms with E-state index in [0.29, 0.717) is 5.57 Å². The average molecular weight is 186 g/mol. The number of hydrogen-bond acceptors (Lipinski definition) is 4. The van der Waals surface area contributed by atoms with Crippen LogP contribution in [0.2, 0.25) is 0 Å². The summed E-state index contributed by atoms with van der Waals surface area (Å²) < 4.78 is 5.30. The first-order valence-corrected chi connectivity index (χ1v) is 4.42. The second-order valence-corrected chi connectivity index (χ2v) is 3.79. The zero-order valence-electron chi connectivity index (χ0n) is 7.47. The van der Waals surface area contributed by atoms with Gasteiger partial charge in [-0.1, -0.05) is 6.08 Å². The summed E-state index contributed by atoms with van der Waals surface area (Å²) >= 11 is 0. The van der Waals surface area contributed by atoms with Crippen molar-refractivity contribution in [2.75, 3.05) is 13.2 Å². The Balaban J connectivity index is 2.25. The normalized spacial score (nSPS) is 51.1. The quantitative estimate of drug-likeness (QED) is 0.384. The highest BCUT2D eigenvalue weighted by Gasteiger charge is 2.68. The molecule has 2 rings (SSSR count). The highest BCUT2D eigenvalue weighted by molar-refractivity contribution is 5.34. The molecule has 0 aromatic rings. The van der Waals surface area contributed by atoms with Gasteiger partial charge < -0.3 is 20.1 Å². The second-order valence-electron chi connectivity index (χ2n) is 3.79. The van der Waals surface area contributed by atoms with Crippen molar-refractivity contribution in [2.24, 2.45) is 5.92 Å². The number of hydrogen-bond donors (Lipinski definition) is 3. The number of aliphatic hydroxyl groups is 3. The topological polar surface area (TPSA) is 73.2 Å². The van der Waals surface area contributed by atoms with Gasteiger partial charge in [-0.2, -0.15) is 0 Å². The van der Waals surface area contributed by atoms with Crippen molar-refractivity contribution in [2.45, 2.75) is 24.7 Å². The van der Waals surface area contributed by atoms with Gasteiger partial charge in [-0.3, -0.25) is 0 Å². The van der Waals surface area contributed by atoms with Crippen molar-refractivity contribution in [3.8, 4) is 0 Å². The SMILES string of the molecule is CC12OC1C(O)/C(=C\CO)C2CO. The van der Waals surface area contributed by atoms with E-state index in [-0.39, 0.29) is 25.2 Å². The van der Waals surface area contributed by atoms with E-state index in [4.69, 9.17) is 14.9 Å². The molecule has 1 aliphatic carbocycles. The lowest BCUT2D eigenvalue weighted by atomic mass is 9.94. The lowest BCUT2D eigenvalue weighted by Crippen LogP contribution is -2.23. The first kappa shape index (κ1) is 9.15. The molecule has 0 spiro atoms. The van der Waals surface area contributed by atoms with Crippen LogP contribution < -0.4 is 0 Å². The van der Waals surface area contributed by atoms with Gasteiger partial charge in [0.15, 0.2) is 0 Å². The summed E-state index contributed by atoms with van der Waals surface area (Å²) in [6.07, 6.45) is 0.712. The van der Waals surface area contributed by atoms with Crippen LogP contribution in [0.1, 0.15) is 6.92 Å². The van der Waals surface area contributed by atoms with Gasteiger partial charge >= 0.3 is 0 Å². The Bertz CT molecular complexity index is 250. The maximum Gasteiger partial charge on any atom is 0.117 e. The third kappa shape index (κ3) is 1.07. The third-order valence-corrected chi connectivity index (χ3v) is 3.12. The molecule has 1 aliphatic heterocycles. The maximum atomic E-state index is 9.68. The fraction of sp³-hybridized carbons (Fsp3) is 0.778. The lowest BCUT2D eigenvalue weighted by molar-refractivity contribution is 0.109. The molecule has 4 nitrogen and oxygen atoms in total. The summed E-state index contributed by atoms with van der Waals surface area (Å²) in [6.45, 7) is 1.72. The molecule has 4 atom stereocenters. The Labute approximate surface area is 76.5 Å². The Hall–Kier alpha value is -0.420. The van der Waals surface area contributed by atoms with Crippen LogP contribution >= 0.6 is 0 Å². The molecule has 0 bridgehead atoms. The van der Waals surface area contributed by atoms with Crippen molar-refractivity contribution in [3.63, 3.8) is 0 Å². The summed E-state index contributed by atoms with van der Waals surface area (Å²) in [4.78, 5) is 0.